The van der Waals surface area contributed by atoms with Crippen molar-refractivity contribution in [3.05, 3.63) is 71.9 Å². The first kappa shape index (κ1) is 21.5. The Kier molecular flexibility index (Phi) is 5.93. The minimum absolute atomic E-state index is 0.0303. The number of aromatic nitrogens is 2. The largest absolute Gasteiger partial charge is 0.449 e. The number of hydrogen-bond acceptors (Lipinski definition) is 7. The van der Waals surface area contributed by atoms with Gasteiger partial charge in [-0.25, -0.2) is 13.2 Å². The van der Waals surface area contributed by atoms with E-state index in [2.05, 4.69) is 14.9 Å². The van der Waals surface area contributed by atoms with E-state index in [1.54, 1.807) is 37.3 Å². The predicted molar refractivity (Wildman–Crippen MR) is 111 cm³/mol. The van der Waals surface area contributed by atoms with Crippen molar-refractivity contribution in [2.45, 2.75) is 44.1 Å². The molecule has 9 heteroatoms. The summed E-state index contributed by atoms with van der Waals surface area (Å²) >= 11 is 0. The molecule has 1 heterocycles. The van der Waals surface area contributed by atoms with Gasteiger partial charge in [0, 0.05) is 11.1 Å². The summed E-state index contributed by atoms with van der Waals surface area (Å²) in [7, 11) is -3.77. The molecule has 2 aromatic carbocycles. The van der Waals surface area contributed by atoms with Crippen LogP contribution in [0.1, 0.15) is 55.9 Å². The van der Waals surface area contributed by atoms with Crippen molar-refractivity contribution in [3.8, 4) is 0 Å². The third-order valence-corrected chi connectivity index (χ3v) is 5.57. The average molecular weight is 429 g/mol. The summed E-state index contributed by atoms with van der Waals surface area (Å²) in [6, 6.07) is 14.0. The molecule has 8 nitrogen and oxygen atoms in total. The van der Waals surface area contributed by atoms with E-state index in [0.717, 1.165) is 0 Å². The lowest BCUT2D eigenvalue weighted by molar-refractivity contribution is 0.0265. The van der Waals surface area contributed by atoms with Gasteiger partial charge in [0.1, 0.15) is 0 Å². The molecule has 0 aliphatic carbocycles. The zero-order chi connectivity index (χ0) is 21.9. The van der Waals surface area contributed by atoms with Crippen LogP contribution >= 0.6 is 0 Å². The molecule has 0 fully saturated rings. The Morgan fingerprint density at radius 1 is 1.07 bits per heavy atom. The smallest absolute Gasteiger partial charge is 0.338 e. The van der Waals surface area contributed by atoms with Gasteiger partial charge >= 0.3 is 5.97 Å². The molecule has 0 radical (unpaired) electrons. The maximum absolute atomic E-state index is 12.5. The third-order valence-electron chi connectivity index (χ3n) is 4.17. The van der Waals surface area contributed by atoms with Crippen LogP contribution in [0.4, 0.5) is 5.69 Å². The van der Waals surface area contributed by atoms with Crippen molar-refractivity contribution in [3.63, 3.8) is 0 Å². The van der Waals surface area contributed by atoms with Crippen LogP contribution < -0.4 is 4.72 Å². The summed E-state index contributed by atoms with van der Waals surface area (Å²) < 4.78 is 38.0. The second-order valence-electron chi connectivity index (χ2n) is 7.75. The van der Waals surface area contributed by atoms with Crippen LogP contribution in [0.5, 0.6) is 0 Å². The summed E-state index contributed by atoms with van der Waals surface area (Å²) in [5, 5.41) is 3.91. The van der Waals surface area contributed by atoms with Gasteiger partial charge in [0.25, 0.3) is 15.9 Å². The van der Waals surface area contributed by atoms with Crippen LogP contribution in [-0.4, -0.2) is 24.5 Å². The highest BCUT2D eigenvalue weighted by Crippen LogP contribution is 2.23. The Labute approximate surface area is 175 Å². The summed E-state index contributed by atoms with van der Waals surface area (Å²) in [6.07, 6.45) is -0.746. The molecule has 0 saturated carbocycles. The number of carbonyl (C=O) groups is 1. The van der Waals surface area contributed by atoms with Crippen LogP contribution in [0, 0.1) is 0 Å². The number of nitrogens with zero attached hydrogens (tertiary/aromatic N) is 2. The Morgan fingerprint density at radius 2 is 1.70 bits per heavy atom. The van der Waals surface area contributed by atoms with E-state index in [-0.39, 0.29) is 21.8 Å². The maximum atomic E-state index is 12.5. The van der Waals surface area contributed by atoms with Crippen LogP contribution in [0.25, 0.3) is 0 Å². The van der Waals surface area contributed by atoms with E-state index in [0.29, 0.717) is 11.5 Å². The van der Waals surface area contributed by atoms with Crippen LogP contribution in [-0.2, 0) is 20.2 Å². The molecule has 0 bridgehead atoms. The van der Waals surface area contributed by atoms with Gasteiger partial charge in [-0.1, -0.05) is 44.1 Å². The first-order valence-electron chi connectivity index (χ1n) is 9.29. The number of ether oxygens (including phenoxy) is 1. The molecule has 0 amide bonds. The molecule has 3 aromatic rings. The molecular formula is C21H23N3O5S. The van der Waals surface area contributed by atoms with Gasteiger partial charge in [-0.2, -0.15) is 4.98 Å². The predicted octanol–water partition coefficient (Wildman–Crippen LogP) is 4.09. The lowest BCUT2D eigenvalue weighted by atomic mass is 9.96. The summed E-state index contributed by atoms with van der Waals surface area (Å²) in [5.74, 6) is 0.0818. The van der Waals surface area contributed by atoms with E-state index < -0.39 is 22.1 Å². The Morgan fingerprint density at radius 3 is 2.27 bits per heavy atom. The Bertz CT molecular complexity index is 1120. The van der Waals surface area contributed by atoms with Crippen LogP contribution in [0.3, 0.4) is 0 Å². The first-order chi connectivity index (χ1) is 14.1. The molecular weight excluding hydrogens is 406 g/mol. The second kappa shape index (κ2) is 8.27. The minimum atomic E-state index is -3.77. The van der Waals surface area contributed by atoms with Crippen LogP contribution in [0.2, 0.25) is 0 Å². The number of anilines is 1. The van der Waals surface area contributed by atoms with Crippen molar-refractivity contribution in [1.82, 2.24) is 10.1 Å². The van der Waals surface area contributed by atoms with Gasteiger partial charge in [-0.3, -0.25) is 4.72 Å². The highest BCUT2D eigenvalue weighted by Gasteiger charge is 2.25. The number of sulfonamides is 1. The van der Waals surface area contributed by atoms with Gasteiger partial charge in [0.15, 0.2) is 11.9 Å². The molecule has 1 atom stereocenters. The van der Waals surface area contributed by atoms with Crippen molar-refractivity contribution >= 4 is 21.7 Å². The van der Waals surface area contributed by atoms with Crippen molar-refractivity contribution in [2.75, 3.05) is 4.72 Å². The highest BCUT2D eigenvalue weighted by atomic mass is 32.2. The van der Waals surface area contributed by atoms with E-state index >= 15 is 0 Å². The quantitative estimate of drug-likeness (QED) is 0.588. The average Bonchev–Trinajstić information content (AvgIpc) is 3.19. The van der Waals surface area contributed by atoms with Crippen molar-refractivity contribution in [2.24, 2.45) is 0 Å². The molecule has 0 saturated heterocycles. The normalized spacial score (nSPS) is 12.9. The molecule has 1 aromatic heterocycles. The lowest BCUT2D eigenvalue weighted by Gasteiger charge is -2.12. The van der Waals surface area contributed by atoms with Gasteiger partial charge in [0.05, 0.1) is 10.5 Å². The Hall–Kier alpha value is -3.20. The topological polar surface area (TPSA) is 111 Å². The number of rotatable bonds is 6. The standard InChI is InChI=1S/C21H23N3O5S/c1-14(18-22-20(23-29-18)21(2,3)4)28-19(25)15-10-12-17(13-11-15)30(26,27)24-16-8-6-5-7-9-16/h5-14,24H,1-4H3. The molecule has 158 valence electrons. The van der Waals surface area contributed by atoms with Crippen molar-refractivity contribution < 1.29 is 22.5 Å². The fourth-order valence-corrected chi connectivity index (χ4v) is 3.53. The maximum Gasteiger partial charge on any atom is 0.338 e. The van der Waals surface area contributed by atoms with Crippen molar-refractivity contribution in [1.29, 1.82) is 0 Å². The third kappa shape index (κ3) is 5.04. The van der Waals surface area contributed by atoms with Gasteiger partial charge in [-0.05, 0) is 43.3 Å². The summed E-state index contributed by atoms with van der Waals surface area (Å²) in [6.45, 7) is 7.46. The first-order valence-corrected chi connectivity index (χ1v) is 10.8. The lowest BCUT2D eigenvalue weighted by Crippen LogP contribution is -2.15. The van der Waals surface area contributed by atoms with Gasteiger partial charge in [0.2, 0.25) is 0 Å². The van der Waals surface area contributed by atoms with Crippen LogP contribution in [0.15, 0.2) is 64.0 Å². The fourth-order valence-electron chi connectivity index (χ4n) is 2.47. The number of esters is 1. The van der Waals surface area contributed by atoms with E-state index in [4.69, 9.17) is 9.26 Å². The van der Waals surface area contributed by atoms with Gasteiger partial charge in [-0.15, -0.1) is 0 Å². The Balaban J connectivity index is 1.68. The second-order valence-corrected chi connectivity index (χ2v) is 9.43. The van der Waals surface area contributed by atoms with E-state index in [9.17, 15) is 13.2 Å². The number of benzene rings is 2. The summed E-state index contributed by atoms with van der Waals surface area (Å²) in [4.78, 5) is 16.7. The number of nitrogens with one attached hydrogen (secondary N) is 1. The number of para-hydroxylation sites is 1. The van der Waals surface area contributed by atoms with Gasteiger partial charge < -0.3 is 9.26 Å². The zero-order valence-electron chi connectivity index (χ0n) is 17.1. The molecule has 0 aliphatic rings. The minimum Gasteiger partial charge on any atom is -0.449 e. The fraction of sp³-hybridized carbons (Fsp3) is 0.286. The molecule has 1 N–H and O–H groups in total. The zero-order valence-corrected chi connectivity index (χ0v) is 17.9. The number of hydrogen-bond donors (Lipinski definition) is 1. The molecule has 1 unspecified atom stereocenters. The molecule has 3 rings (SSSR count). The monoisotopic (exact) mass is 429 g/mol. The SMILES string of the molecule is CC(OC(=O)c1ccc(S(=O)(=O)Nc2ccccc2)cc1)c1nc(C(C)(C)C)no1. The summed E-state index contributed by atoms with van der Waals surface area (Å²) in [5.41, 5.74) is 0.362. The highest BCUT2D eigenvalue weighted by molar-refractivity contribution is 7.92. The van der Waals surface area contributed by atoms with E-state index in [1.807, 2.05) is 20.8 Å². The number of carbonyl (C=O) groups excluding carboxylic acids is 1. The molecule has 0 aliphatic heterocycles. The van der Waals surface area contributed by atoms with E-state index in [1.165, 1.54) is 24.3 Å². The molecule has 30 heavy (non-hydrogen) atoms. The molecule has 0 spiro atoms.